The van der Waals surface area contributed by atoms with E-state index < -0.39 is 0 Å². The Labute approximate surface area is 117 Å². The lowest BCUT2D eigenvalue weighted by Gasteiger charge is -2.20. The molecule has 0 fully saturated rings. The summed E-state index contributed by atoms with van der Waals surface area (Å²) in [6, 6.07) is 5.30. The fourth-order valence-corrected chi connectivity index (χ4v) is 3.26. The van der Waals surface area contributed by atoms with E-state index in [2.05, 4.69) is 45.1 Å². The van der Waals surface area contributed by atoms with Gasteiger partial charge in [0.1, 0.15) is 0 Å². The highest BCUT2D eigenvalue weighted by Gasteiger charge is 2.10. The topological polar surface area (TPSA) is 12.0 Å². The Kier molecular flexibility index (Phi) is 7.60. The SMILES string of the molecule is CCCNC(CCc1ccc(CC)s1)CC(C)C. The first kappa shape index (κ1) is 15.7. The molecule has 1 nitrogen and oxygen atoms in total. The lowest BCUT2D eigenvalue weighted by Crippen LogP contribution is -2.31. The summed E-state index contributed by atoms with van der Waals surface area (Å²) in [7, 11) is 0. The maximum absolute atomic E-state index is 3.70. The van der Waals surface area contributed by atoms with Crippen molar-refractivity contribution in [3.63, 3.8) is 0 Å². The highest BCUT2D eigenvalue weighted by Crippen LogP contribution is 2.20. The molecule has 1 heterocycles. The van der Waals surface area contributed by atoms with Gasteiger partial charge in [-0.2, -0.15) is 0 Å². The van der Waals surface area contributed by atoms with E-state index in [1.807, 2.05) is 11.3 Å². The minimum absolute atomic E-state index is 0.692. The summed E-state index contributed by atoms with van der Waals surface area (Å²) < 4.78 is 0. The van der Waals surface area contributed by atoms with Crippen molar-refractivity contribution in [2.24, 2.45) is 5.92 Å². The molecule has 1 aromatic heterocycles. The number of hydrogen-bond donors (Lipinski definition) is 1. The number of thiophene rings is 1. The lowest BCUT2D eigenvalue weighted by atomic mass is 9.99. The minimum atomic E-state index is 0.692. The third-order valence-electron chi connectivity index (χ3n) is 3.24. The van der Waals surface area contributed by atoms with Crippen LogP contribution in [0.3, 0.4) is 0 Å². The van der Waals surface area contributed by atoms with Gasteiger partial charge in [-0.25, -0.2) is 0 Å². The molecule has 0 spiro atoms. The van der Waals surface area contributed by atoms with Gasteiger partial charge in [-0.3, -0.25) is 0 Å². The number of hydrogen-bond acceptors (Lipinski definition) is 2. The summed E-state index contributed by atoms with van der Waals surface area (Å²) in [6.07, 6.45) is 6.22. The monoisotopic (exact) mass is 267 g/mol. The molecule has 18 heavy (non-hydrogen) atoms. The van der Waals surface area contributed by atoms with Crippen LogP contribution in [0.25, 0.3) is 0 Å². The second-order valence-corrected chi connectivity index (χ2v) is 6.79. The van der Waals surface area contributed by atoms with Gasteiger partial charge < -0.3 is 5.32 Å². The second kappa shape index (κ2) is 8.71. The van der Waals surface area contributed by atoms with E-state index in [0.29, 0.717) is 6.04 Å². The Morgan fingerprint density at radius 2 is 1.89 bits per heavy atom. The molecule has 2 heteroatoms. The van der Waals surface area contributed by atoms with Crippen molar-refractivity contribution in [3.05, 3.63) is 21.9 Å². The molecule has 0 aromatic carbocycles. The summed E-state index contributed by atoms with van der Waals surface area (Å²) in [5.74, 6) is 0.786. The summed E-state index contributed by atoms with van der Waals surface area (Å²) in [6.45, 7) is 10.3. The molecule has 1 N–H and O–H groups in total. The molecule has 0 bridgehead atoms. The zero-order valence-electron chi connectivity index (χ0n) is 12.5. The average molecular weight is 267 g/mol. The van der Waals surface area contributed by atoms with Gasteiger partial charge in [-0.15, -0.1) is 11.3 Å². The van der Waals surface area contributed by atoms with Crippen LogP contribution in [0.2, 0.25) is 0 Å². The van der Waals surface area contributed by atoms with Crippen LogP contribution in [0.5, 0.6) is 0 Å². The molecule has 0 amide bonds. The van der Waals surface area contributed by atoms with Crippen LogP contribution in [-0.4, -0.2) is 12.6 Å². The first-order valence-electron chi connectivity index (χ1n) is 7.46. The predicted molar refractivity (Wildman–Crippen MR) is 83.6 cm³/mol. The van der Waals surface area contributed by atoms with Gasteiger partial charge in [0, 0.05) is 15.8 Å². The van der Waals surface area contributed by atoms with Gasteiger partial charge >= 0.3 is 0 Å². The summed E-state index contributed by atoms with van der Waals surface area (Å²) in [4.78, 5) is 3.07. The van der Waals surface area contributed by atoms with Crippen molar-refractivity contribution in [1.82, 2.24) is 5.32 Å². The molecule has 104 valence electrons. The molecule has 1 aromatic rings. The third-order valence-corrected chi connectivity index (χ3v) is 4.53. The quantitative estimate of drug-likeness (QED) is 0.686. The normalized spacial score (nSPS) is 13.2. The van der Waals surface area contributed by atoms with E-state index in [4.69, 9.17) is 0 Å². The van der Waals surface area contributed by atoms with Crippen LogP contribution in [0.1, 0.15) is 56.7 Å². The maximum Gasteiger partial charge on any atom is 0.00729 e. The van der Waals surface area contributed by atoms with Gasteiger partial charge in [0.2, 0.25) is 0 Å². The van der Waals surface area contributed by atoms with Gasteiger partial charge in [-0.1, -0.05) is 27.7 Å². The number of nitrogens with one attached hydrogen (secondary N) is 1. The van der Waals surface area contributed by atoms with Crippen molar-refractivity contribution < 1.29 is 0 Å². The Morgan fingerprint density at radius 1 is 1.17 bits per heavy atom. The Balaban J connectivity index is 2.39. The minimum Gasteiger partial charge on any atom is -0.314 e. The summed E-state index contributed by atoms with van der Waals surface area (Å²) >= 11 is 1.99. The Hall–Kier alpha value is -0.340. The maximum atomic E-state index is 3.70. The van der Waals surface area contributed by atoms with Crippen LogP contribution in [-0.2, 0) is 12.8 Å². The van der Waals surface area contributed by atoms with Crippen molar-refractivity contribution in [2.75, 3.05) is 6.54 Å². The van der Waals surface area contributed by atoms with E-state index in [9.17, 15) is 0 Å². The van der Waals surface area contributed by atoms with Crippen molar-refractivity contribution in [3.8, 4) is 0 Å². The van der Waals surface area contributed by atoms with Gasteiger partial charge in [0.15, 0.2) is 0 Å². The zero-order chi connectivity index (χ0) is 13.4. The third kappa shape index (κ3) is 6.01. The standard InChI is InChI=1S/C16H29NS/c1-5-11-17-14(12-13(3)4)7-8-16-10-9-15(6-2)18-16/h9-10,13-14,17H,5-8,11-12H2,1-4H3. The first-order chi connectivity index (χ1) is 8.65. The molecular weight excluding hydrogens is 238 g/mol. The number of aryl methyl sites for hydroxylation is 2. The molecule has 0 aliphatic carbocycles. The zero-order valence-corrected chi connectivity index (χ0v) is 13.3. The summed E-state index contributed by atoms with van der Waals surface area (Å²) in [5, 5.41) is 3.70. The Bertz CT molecular complexity index is 317. The van der Waals surface area contributed by atoms with Gasteiger partial charge in [-0.05, 0) is 56.7 Å². The van der Waals surface area contributed by atoms with E-state index >= 15 is 0 Å². The van der Waals surface area contributed by atoms with Gasteiger partial charge in [0.05, 0.1) is 0 Å². The van der Waals surface area contributed by atoms with E-state index in [0.717, 1.165) is 12.5 Å². The Morgan fingerprint density at radius 3 is 2.44 bits per heavy atom. The van der Waals surface area contributed by atoms with Crippen molar-refractivity contribution in [1.29, 1.82) is 0 Å². The molecule has 0 aliphatic rings. The molecule has 0 aliphatic heterocycles. The molecule has 0 saturated carbocycles. The highest BCUT2D eigenvalue weighted by molar-refractivity contribution is 7.11. The fraction of sp³-hybridized carbons (Fsp3) is 0.750. The first-order valence-corrected chi connectivity index (χ1v) is 8.28. The van der Waals surface area contributed by atoms with Crippen LogP contribution in [0, 0.1) is 5.92 Å². The lowest BCUT2D eigenvalue weighted by molar-refractivity contribution is 0.399. The van der Waals surface area contributed by atoms with Crippen molar-refractivity contribution in [2.45, 2.75) is 65.8 Å². The van der Waals surface area contributed by atoms with E-state index in [1.54, 1.807) is 4.88 Å². The molecular formula is C16H29NS. The molecule has 1 rings (SSSR count). The largest absolute Gasteiger partial charge is 0.314 e. The van der Waals surface area contributed by atoms with Crippen LogP contribution >= 0.6 is 11.3 Å². The smallest absolute Gasteiger partial charge is 0.00729 e. The van der Waals surface area contributed by atoms with Crippen LogP contribution < -0.4 is 5.32 Å². The molecule has 0 saturated heterocycles. The highest BCUT2D eigenvalue weighted by atomic mass is 32.1. The fourth-order valence-electron chi connectivity index (χ4n) is 2.28. The van der Waals surface area contributed by atoms with E-state index in [1.165, 1.54) is 37.0 Å². The number of rotatable bonds is 9. The average Bonchev–Trinajstić information content (AvgIpc) is 2.80. The van der Waals surface area contributed by atoms with Crippen LogP contribution in [0.4, 0.5) is 0 Å². The van der Waals surface area contributed by atoms with Crippen LogP contribution in [0.15, 0.2) is 12.1 Å². The molecule has 0 radical (unpaired) electrons. The predicted octanol–water partition coefficient (Wildman–Crippen LogP) is 4.66. The molecule has 1 atom stereocenters. The van der Waals surface area contributed by atoms with Gasteiger partial charge in [0.25, 0.3) is 0 Å². The second-order valence-electron chi connectivity index (χ2n) is 5.54. The molecule has 1 unspecified atom stereocenters. The van der Waals surface area contributed by atoms with E-state index in [-0.39, 0.29) is 0 Å². The summed E-state index contributed by atoms with van der Waals surface area (Å²) in [5.41, 5.74) is 0. The van der Waals surface area contributed by atoms with Crippen molar-refractivity contribution >= 4 is 11.3 Å².